The lowest BCUT2D eigenvalue weighted by molar-refractivity contribution is 0.372. The van der Waals surface area contributed by atoms with Crippen molar-refractivity contribution in [3.63, 3.8) is 0 Å². The summed E-state index contributed by atoms with van der Waals surface area (Å²) in [5.74, 6) is 1.91. The van der Waals surface area contributed by atoms with Gasteiger partial charge < -0.3 is 19.6 Å². The summed E-state index contributed by atoms with van der Waals surface area (Å²) in [5.41, 5.74) is 3.45. The van der Waals surface area contributed by atoms with Crippen LogP contribution in [-0.2, 0) is 6.42 Å². The first-order valence-electron chi connectivity index (χ1n) is 9.44. The van der Waals surface area contributed by atoms with Crippen LogP contribution >= 0.6 is 0 Å². The molecule has 0 spiro atoms. The number of piperazine rings is 1. The minimum atomic E-state index is 0.740. The Hall–Kier alpha value is -2.50. The largest absolute Gasteiger partial charge is 0.368 e. The number of anilines is 1. The molecule has 26 heavy (non-hydrogen) atoms. The van der Waals surface area contributed by atoms with E-state index in [0.717, 1.165) is 63.1 Å². The Kier molecular flexibility index (Phi) is 6.15. The predicted octanol–water partition coefficient (Wildman–Crippen LogP) is 2.62. The molecule has 1 aromatic heterocycles. The Labute approximate surface area is 155 Å². The number of guanidine groups is 1. The minimum Gasteiger partial charge on any atom is -0.368 e. The lowest BCUT2D eigenvalue weighted by atomic mass is 10.1. The van der Waals surface area contributed by atoms with Crippen LogP contribution in [0, 0.1) is 13.8 Å². The topological polar surface area (TPSA) is 56.9 Å². The van der Waals surface area contributed by atoms with Gasteiger partial charge in [-0.3, -0.25) is 4.99 Å². The summed E-state index contributed by atoms with van der Waals surface area (Å²) < 4.78 is 5.24. The highest BCUT2D eigenvalue weighted by Crippen LogP contribution is 2.16. The van der Waals surface area contributed by atoms with E-state index < -0.39 is 0 Å². The van der Waals surface area contributed by atoms with Crippen LogP contribution in [0.25, 0.3) is 0 Å². The molecule has 1 aromatic carbocycles. The van der Waals surface area contributed by atoms with Gasteiger partial charge >= 0.3 is 0 Å². The first-order valence-corrected chi connectivity index (χ1v) is 9.44. The number of aromatic nitrogens is 1. The zero-order valence-electron chi connectivity index (χ0n) is 16.0. The van der Waals surface area contributed by atoms with Gasteiger partial charge in [0.15, 0.2) is 5.96 Å². The number of aryl methyl sites for hydroxylation is 2. The third-order valence-electron chi connectivity index (χ3n) is 4.84. The van der Waals surface area contributed by atoms with Gasteiger partial charge in [-0.25, -0.2) is 0 Å². The first kappa shape index (κ1) is 18.3. The van der Waals surface area contributed by atoms with Gasteiger partial charge in [-0.2, -0.15) is 0 Å². The second-order valence-corrected chi connectivity index (χ2v) is 6.60. The van der Waals surface area contributed by atoms with E-state index >= 15 is 0 Å². The summed E-state index contributed by atoms with van der Waals surface area (Å²) >= 11 is 0. The van der Waals surface area contributed by atoms with Crippen molar-refractivity contribution < 1.29 is 4.52 Å². The molecule has 6 nitrogen and oxygen atoms in total. The van der Waals surface area contributed by atoms with Gasteiger partial charge in [0, 0.05) is 50.5 Å². The van der Waals surface area contributed by atoms with Crippen molar-refractivity contribution in [3.05, 3.63) is 47.3 Å². The second kappa shape index (κ2) is 8.74. The van der Waals surface area contributed by atoms with Crippen LogP contribution in [-0.4, -0.2) is 55.3 Å². The molecule has 140 valence electrons. The van der Waals surface area contributed by atoms with Crippen molar-refractivity contribution in [1.82, 2.24) is 15.4 Å². The average molecular weight is 355 g/mol. The number of nitrogens with zero attached hydrogens (tertiary/aromatic N) is 4. The van der Waals surface area contributed by atoms with Crippen LogP contribution in [0.4, 0.5) is 5.69 Å². The molecule has 0 saturated carbocycles. The lowest BCUT2D eigenvalue weighted by Crippen LogP contribution is -2.52. The van der Waals surface area contributed by atoms with Gasteiger partial charge in [-0.05, 0) is 39.3 Å². The average Bonchev–Trinajstić information content (AvgIpc) is 3.00. The highest BCUT2D eigenvalue weighted by atomic mass is 16.5. The smallest absolute Gasteiger partial charge is 0.194 e. The maximum Gasteiger partial charge on any atom is 0.194 e. The Morgan fingerprint density at radius 1 is 1.15 bits per heavy atom. The SMILES string of the molecule is CCNC(=NCCc1c(C)noc1C)N1CCN(c2ccccc2)CC1. The van der Waals surface area contributed by atoms with E-state index in [1.165, 1.54) is 11.3 Å². The van der Waals surface area contributed by atoms with Crippen molar-refractivity contribution >= 4 is 11.6 Å². The standard InChI is InChI=1S/C20H29N5O/c1-4-21-20(22-11-10-19-16(2)23-26-17(19)3)25-14-12-24(13-15-25)18-8-6-5-7-9-18/h5-9H,4,10-15H2,1-3H3,(H,21,22). The third kappa shape index (κ3) is 4.36. The van der Waals surface area contributed by atoms with Gasteiger partial charge in [0.25, 0.3) is 0 Å². The Balaban J connectivity index is 1.58. The predicted molar refractivity (Wildman–Crippen MR) is 106 cm³/mol. The number of para-hydroxylation sites is 1. The van der Waals surface area contributed by atoms with Crippen molar-refractivity contribution in [2.45, 2.75) is 27.2 Å². The monoisotopic (exact) mass is 355 g/mol. The highest BCUT2D eigenvalue weighted by Gasteiger charge is 2.19. The van der Waals surface area contributed by atoms with Crippen LogP contribution in [0.1, 0.15) is 23.9 Å². The van der Waals surface area contributed by atoms with E-state index in [0.29, 0.717) is 0 Å². The molecule has 6 heteroatoms. The number of rotatable bonds is 5. The fourth-order valence-corrected chi connectivity index (χ4v) is 3.37. The lowest BCUT2D eigenvalue weighted by Gasteiger charge is -2.37. The Morgan fingerprint density at radius 2 is 1.88 bits per heavy atom. The van der Waals surface area contributed by atoms with E-state index in [9.17, 15) is 0 Å². The van der Waals surface area contributed by atoms with Crippen LogP contribution < -0.4 is 10.2 Å². The van der Waals surface area contributed by atoms with Crippen LogP contribution in [0.15, 0.2) is 39.8 Å². The zero-order chi connectivity index (χ0) is 18.4. The Morgan fingerprint density at radius 3 is 2.50 bits per heavy atom. The van der Waals surface area contributed by atoms with Crippen molar-refractivity contribution in [3.8, 4) is 0 Å². The summed E-state index contributed by atoms with van der Waals surface area (Å²) in [5, 5.41) is 7.46. The summed E-state index contributed by atoms with van der Waals surface area (Å²) in [4.78, 5) is 9.63. The van der Waals surface area contributed by atoms with Crippen molar-refractivity contribution in [1.29, 1.82) is 0 Å². The van der Waals surface area contributed by atoms with Crippen LogP contribution in [0.5, 0.6) is 0 Å². The van der Waals surface area contributed by atoms with Gasteiger partial charge in [0.05, 0.1) is 5.69 Å². The van der Waals surface area contributed by atoms with Gasteiger partial charge in [0.2, 0.25) is 0 Å². The maximum absolute atomic E-state index is 5.24. The van der Waals surface area contributed by atoms with Gasteiger partial charge in [-0.15, -0.1) is 0 Å². The summed E-state index contributed by atoms with van der Waals surface area (Å²) in [7, 11) is 0. The molecule has 0 bridgehead atoms. The molecule has 1 aliphatic rings. The molecule has 1 fully saturated rings. The molecular weight excluding hydrogens is 326 g/mol. The van der Waals surface area contributed by atoms with Gasteiger partial charge in [0.1, 0.15) is 5.76 Å². The van der Waals surface area contributed by atoms with E-state index in [1.54, 1.807) is 0 Å². The molecule has 0 radical (unpaired) electrons. The molecule has 1 aliphatic heterocycles. The zero-order valence-corrected chi connectivity index (χ0v) is 16.0. The molecule has 0 unspecified atom stereocenters. The quantitative estimate of drug-likeness (QED) is 0.660. The van der Waals surface area contributed by atoms with E-state index in [1.807, 2.05) is 13.8 Å². The fraction of sp³-hybridized carbons (Fsp3) is 0.500. The number of hydrogen-bond acceptors (Lipinski definition) is 4. The molecule has 1 N–H and O–H groups in total. The number of hydrogen-bond donors (Lipinski definition) is 1. The summed E-state index contributed by atoms with van der Waals surface area (Å²) in [6, 6.07) is 10.6. The molecule has 2 aromatic rings. The van der Waals surface area contributed by atoms with Crippen molar-refractivity contribution in [2.24, 2.45) is 4.99 Å². The van der Waals surface area contributed by atoms with Crippen molar-refractivity contribution in [2.75, 3.05) is 44.2 Å². The molecule has 1 saturated heterocycles. The van der Waals surface area contributed by atoms with E-state index in [4.69, 9.17) is 9.52 Å². The Bertz CT molecular complexity index is 698. The molecule has 3 rings (SSSR count). The number of nitrogens with one attached hydrogen (secondary N) is 1. The van der Waals surface area contributed by atoms with E-state index in [-0.39, 0.29) is 0 Å². The molecule has 0 atom stereocenters. The summed E-state index contributed by atoms with van der Waals surface area (Å²) in [6.07, 6.45) is 0.861. The number of aliphatic imine (C=N–C) groups is 1. The second-order valence-electron chi connectivity index (χ2n) is 6.60. The normalized spacial score (nSPS) is 15.4. The van der Waals surface area contributed by atoms with Crippen LogP contribution in [0.2, 0.25) is 0 Å². The third-order valence-corrected chi connectivity index (χ3v) is 4.84. The maximum atomic E-state index is 5.24. The molecule has 0 amide bonds. The van der Waals surface area contributed by atoms with Gasteiger partial charge in [-0.1, -0.05) is 23.4 Å². The fourth-order valence-electron chi connectivity index (χ4n) is 3.37. The summed E-state index contributed by atoms with van der Waals surface area (Å²) in [6.45, 7) is 11.7. The van der Waals surface area contributed by atoms with Crippen LogP contribution in [0.3, 0.4) is 0 Å². The highest BCUT2D eigenvalue weighted by molar-refractivity contribution is 5.80. The number of benzene rings is 1. The van der Waals surface area contributed by atoms with E-state index in [2.05, 4.69) is 57.5 Å². The first-order chi connectivity index (χ1) is 12.7. The molecule has 2 heterocycles. The molecular formula is C20H29N5O. The molecule has 0 aliphatic carbocycles. The minimum absolute atomic E-state index is 0.740.